The van der Waals surface area contributed by atoms with Crippen LogP contribution in [0.5, 0.6) is 0 Å². The molecule has 1 aromatic carbocycles. The van der Waals surface area contributed by atoms with Crippen molar-refractivity contribution in [2.45, 2.75) is 4.90 Å². The molecule has 0 unspecified atom stereocenters. The zero-order valence-corrected chi connectivity index (χ0v) is 22.6. The number of benzene rings is 1. The Morgan fingerprint density at radius 1 is 1.11 bits per heavy atom. The number of nitrogens with zero attached hydrogens (tertiary/aromatic N) is 6. The smallest absolute Gasteiger partial charge is 0.243 e. The Bertz CT molecular complexity index is 1890. The Kier molecular flexibility index (Phi) is 5.08. The van der Waals surface area contributed by atoms with Crippen molar-refractivity contribution >= 4 is 90.1 Å². The summed E-state index contributed by atoms with van der Waals surface area (Å²) in [5.41, 5.74) is 8.10. The number of fused-ring (bicyclic) bond motifs is 4. The lowest BCUT2D eigenvalue weighted by Crippen LogP contribution is -2.32. The highest BCUT2D eigenvalue weighted by molar-refractivity contribution is 8.00. The van der Waals surface area contributed by atoms with Crippen LogP contribution in [0.2, 0.25) is 0 Å². The molecule has 0 spiro atoms. The lowest BCUT2D eigenvalue weighted by Gasteiger charge is -2.29. The van der Waals surface area contributed by atoms with Gasteiger partial charge in [-0.05, 0) is 42.0 Å². The quantitative estimate of drug-likeness (QED) is 0.250. The van der Waals surface area contributed by atoms with Crippen molar-refractivity contribution in [1.29, 1.82) is 0 Å². The van der Waals surface area contributed by atoms with E-state index in [1.165, 1.54) is 35.2 Å². The number of rotatable bonds is 3. The highest BCUT2D eigenvalue weighted by Gasteiger charge is 2.31. The van der Waals surface area contributed by atoms with E-state index in [9.17, 15) is 4.79 Å². The number of amides is 1. The number of thiazole rings is 2. The molecule has 0 saturated heterocycles. The van der Waals surface area contributed by atoms with Gasteiger partial charge >= 0.3 is 0 Å². The number of aromatic nitrogens is 4. The molecule has 0 fully saturated rings. The van der Waals surface area contributed by atoms with E-state index in [-0.39, 0.29) is 5.91 Å². The van der Waals surface area contributed by atoms with E-state index < -0.39 is 0 Å². The van der Waals surface area contributed by atoms with Crippen LogP contribution in [0.4, 0.5) is 11.5 Å². The van der Waals surface area contributed by atoms with Crippen LogP contribution in [0.25, 0.3) is 37.3 Å². The molecule has 8 nitrogen and oxygen atoms in total. The van der Waals surface area contributed by atoms with Crippen LogP contribution in [-0.2, 0) is 4.79 Å². The van der Waals surface area contributed by atoms with Crippen molar-refractivity contribution in [3.05, 3.63) is 83.5 Å². The van der Waals surface area contributed by atoms with Gasteiger partial charge in [0.05, 0.1) is 56.1 Å². The second kappa shape index (κ2) is 8.67. The molecule has 3 aliphatic rings. The second-order valence-electron chi connectivity index (χ2n) is 8.59. The third-order valence-electron chi connectivity index (χ3n) is 6.38. The van der Waals surface area contributed by atoms with Crippen LogP contribution in [0, 0.1) is 0 Å². The van der Waals surface area contributed by atoms with E-state index in [2.05, 4.69) is 54.3 Å². The molecule has 0 saturated carbocycles. The van der Waals surface area contributed by atoms with Crippen molar-refractivity contribution < 1.29 is 4.79 Å². The molecule has 184 valence electrons. The predicted molar refractivity (Wildman–Crippen MR) is 156 cm³/mol. The number of carbonyl (C=O) groups excluding carboxylic acids is 1. The number of anilines is 2. The van der Waals surface area contributed by atoms with Gasteiger partial charge in [0.2, 0.25) is 5.91 Å². The summed E-state index contributed by atoms with van der Waals surface area (Å²) in [5.74, 6) is 0.934. The van der Waals surface area contributed by atoms with Crippen molar-refractivity contribution in [3.63, 3.8) is 0 Å². The summed E-state index contributed by atoms with van der Waals surface area (Å²) in [6.07, 6.45) is 11.7. The van der Waals surface area contributed by atoms with Gasteiger partial charge in [-0.25, -0.2) is 19.9 Å². The van der Waals surface area contributed by atoms with E-state index in [1.807, 2.05) is 24.5 Å². The molecule has 3 aliphatic heterocycles. The summed E-state index contributed by atoms with van der Waals surface area (Å²) in [6.45, 7) is 0. The Hall–Kier alpha value is -3.71. The number of thioether (sulfide) groups is 1. The Morgan fingerprint density at radius 2 is 2.08 bits per heavy atom. The largest absolute Gasteiger partial charge is 0.316 e. The molecule has 38 heavy (non-hydrogen) atoms. The number of carbonyl (C=O) groups is 1. The molecule has 8 rings (SSSR count). The minimum absolute atomic E-state index is 0.0326. The minimum atomic E-state index is -0.0326. The number of allylic oxidation sites excluding steroid dienone is 3. The Morgan fingerprint density at radius 3 is 3.05 bits per heavy atom. The molecular formula is C26H15N7OS4. The number of hydrogen-bond acceptors (Lipinski definition) is 11. The maximum absolute atomic E-state index is 13.3. The van der Waals surface area contributed by atoms with Crippen LogP contribution in [0.15, 0.2) is 83.4 Å². The summed E-state index contributed by atoms with van der Waals surface area (Å²) in [4.78, 5) is 35.6. The van der Waals surface area contributed by atoms with E-state index >= 15 is 0 Å². The molecule has 7 heterocycles. The van der Waals surface area contributed by atoms with Gasteiger partial charge in [0.25, 0.3) is 0 Å². The van der Waals surface area contributed by atoms with Crippen LogP contribution < -0.4 is 9.62 Å². The van der Waals surface area contributed by atoms with E-state index in [0.717, 1.165) is 52.9 Å². The van der Waals surface area contributed by atoms with Gasteiger partial charge in [-0.1, -0.05) is 6.07 Å². The first kappa shape index (κ1) is 22.3. The fraction of sp³-hybridized carbons (Fsp3) is 0.0385. The molecule has 12 heteroatoms. The molecule has 4 aromatic heterocycles. The van der Waals surface area contributed by atoms with Crippen molar-refractivity contribution in [2.75, 3.05) is 10.7 Å². The van der Waals surface area contributed by atoms with Crippen LogP contribution >= 0.6 is 46.6 Å². The molecule has 0 atom stereocenters. The van der Waals surface area contributed by atoms with Gasteiger partial charge in [-0.15, -0.1) is 34.4 Å². The first-order chi connectivity index (χ1) is 18.7. The Balaban J connectivity index is 1.29. The summed E-state index contributed by atoms with van der Waals surface area (Å²) < 4.78 is 6.34. The molecule has 1 N–H and O–H groups in total. The summed E-state index contributed by atoms with van der Waals surface area (Å²) >= 11 is 6.19. The molecule has 0 radical (unpaired) electrons. The summed E-state index contributed by atoms with van der Waals surface area (Å²) in [5, 5.41) is 0.959. The normalized spacial score (nSPS) is 16.5. The highest BCUT2D eigenvalue weighted by atomic mass is 32.2. The third kappa shape index (κ3) is 3.48. The number of pyridine rings is 2. The molecule has 0 bridgehead atoms. The van der Waals surface area contributed by atoms with E-state index in [0.29, 0.717) is 17.3 Å². The first-order valence-corrected chi connectivity index (χ1v) is 15.0. The van der Waals surface area contributed by atoms with Gasteiger partial charge in [0.15, 0.2) is 5.82 Å². The molecular weight excluding hydrogens is 555 g/mol. The minimum Gasteiger partial charge on any atom is -0.316 e. The van der Waals surface area contributed by atoms with Crippen LogP contribution in [0.1, 0.15) is 5.01 Å². The van der Waals surface area contributed by atoms with Gasteiger partial charge in [0, 0.05) is 29.7 Å². The van der Waals surface area contributed by atoms with Crippen LogP contribution in [-0.4, -0.2) is 35.9 Å². The van der Waals surface area contributed by atoms with Crippen molar-refractivity contribution in [2.24, 2.45) is 0 Å². The van der Waals surface area contributed by atoms with Gasteiger partial charge < -0.3 is 4.72 Å². The molecule has 0 aliphatic carbocycles. The summed E-state index contributed by atoms with van der Waals surface area (Å²) in [7, 11) is 0. The zero-order chi connectivity index (χ0) is 25.2. The van der Waals surface area contributed by atoms with Gasteiger partial charge in [-0.2, -0.15) is 0 Å². The zero-order valence-electron chi connectivity index (χ0n) is 19.4. The summed E-state index contributed by atoms with van der Waals surface area (Å²) in [6, 6.07) is 10.1. The van der Waals surface area contributed by atoms with Gasteiger partial charge in [-0.3, -0.25) is 14.0 Å². The van der Waals surface area contributed by atoms with Gasteiger partial charge in [0.1, 0.15) is 15.4 Å². The van der Waals surface area contributed by atoms with Crippen molar-refractivity contribution in [3.8, 4) is 11.1 Å². The fourth-order valence-corrected chi connectivity index (χ4v) is 7.73. The average molecular weight is 570 g/mol. The topological polar surface area (TPSA) is 87.1 Å². The molecule has 5 aromatic rings. The third-order valence-corrected chi connectivity index (χ3v) is 9.97. The second-order valence-corrected chi connectivity index (χ2v) is 12.3. The lowest BCUT2D eigenvalue weighted by molar-refractivity contribution is -0.115. The van der Waals surface area contributed by atoms with E-state index in [4.69, 9.17) is 4.98 Å². The first-order valence-electron chi connectivity index (χ1n) is 11.6. The maximum Gasteiger partial charge on any atom is 0.243 e. The van der Waals surface area contributed by atoms with Crippen molar-refractivity contribution in [1.82, 2.24) is 29.0 Å². The standard InChI is InChI=1S/C26H15N7OS4/c34-21-12-35-20-2-1-6-27-24(20)33(21)18-11-28-26-23(29-13-36-26)22(18)14-3-4-19-17(9-14)31-25(37-19)15-5-7-32-16(8-15)10-30-38-32/h1-11,13,30H,12H2. The highest BCUT2D eigenvalue weighted by Crippen LogP contribution is 2.45. The number of nitrogens with one attached hydrogen (secondary N) is 1. The van der Waals surface area contributed by atoms with E-state index in [1.54, 1.807) is 34.1 Å². The monoisotopic (exact) mass is 569 g/mol. The Labute approximate surface area is 233 Å². The predicted octanol–water partition coefficient (Wildman–Crippen LogP) is 6.35. The molecule has 1 amide bonds. The average Bonchev–Trinajstić information content (AvgIpc) is 3.71. The lowest BCUT2D eigenvalue weighted by atomic mass is 10.0. The maximum atomic E-state index is 13.3. The SMILES string of the molecule is O=C1CSc2cccnc2N1c1cnc2scnc2c1-c1ccc2sc(C3=CC4=CNSN4C=C3)nc2c1. The number of hydrogen-bond donors (Lipinski definition) is 1. The fourth-order valence-electron chi connectivity index (χ4n) is 4.67. The van der Waals surface area contributed by atoms with Crippen LogP contribution in [0.3, 0.4) is 0 Å².